The van der Waals surface area contributed by atoms with Crippen LogP contribution in [0.3, 0.4) is 0 Å². The molecule has 0 N–H and O–H groups in total. The van der Waals surface area contributed by atoms with Crippen molar-refractivity contribution in [1.29, 1.82) is 0 Å². The third-order valence-corrected chi connectivity index (χ3v) is 6.50. The molecular weight excluding hydrogens is 414 g/mol. The van der Waals surface area contributed by atoms with E-state index in [0.717, 1.165) is 31.4 Å². The summed E-state index contributed by atoms with van der Waals surface area (Å²) in [5.41, 5.74) is 0.574. The molecule has 0 unspecified atom stereocenters. The van der Waals surface area contributed by atoms with Gasteiger partial charge in [-0.3, -0.25) is 14.5 Å². The fourth-order valence-electron chi connectivity index (χ4n) is 4.67. The first kappa shape index (κ1) is 24.0. The highest BCUT2D eigenvalue weighted by Crippen LogP contribution is 2.41. The van der Waals surface area contributed by atoms with Gasteiger partial charge < -0.3 is 14.5 Å². The summed E-state index contributed by atoms with van der Waals surface area (Å²) in [5.74, 6) is 0.707. The number of carbonyl (C=O) groups is 2. The lowest BCUT2D eigenvalue weighted by molar-refractivity contribution is -0.162. The molecule has 1 aromatic carbocycles. The molecule has 2 aliphatic heterocycles. The smallest absolute Gasteiger partial charge is 0.236 e. The number of benzene rings is 1. The van der Waals surface area contributed by atoms with Gasteiger partial charge in [-0.1, -0.05) is 37.6 Å². The number of halogens is 1. The molecule has 7 heteroatoms. The number of likely N-dealkylation sites (N-methyl/N-ethyl adjacent to an activating group) is 1. The molecule has 1 spiro atoms. The Morgan fingerprint density at radius 1 is 1.29 bits per heavy atom. The average molecular weight is 450 g/mol. The van der Waals surface area contributed by atoms with Crippen molar-refractivity contribution in [1.82, 2.24) is 14.7 Å². The number of hydrogen-bond donors (Lipinski definition) is 0. The first-order valence-corrected chi connectivity index (χ1v) is 11.6. The van der Waals surface area contributed by atoms with Crippen LogP contribution >= 0.6 is 11.6 Å². The Morgan fingerprint density at radius 2 is 2.00 bits per heavy atom. The van der Waals surface area contributed by atoms with Gasteiger partial charge in [0.1, 0.15) is 0 Å². The Morgan fingerprint density at radius 3 is 2.65 bits per heavy atom. The molecular formula is C24H36ClN3O3. The number of hydrogen-bond acceptors (Lipinski definition) is 4. The normalized spacial score (nSPS) is 24.8. The van der Waals surface area contributed by atoms with Crippen LogP contribution in [0.2, 0.25) is 5.02 Å². The predicted molar refractivity (Wildman–Crippen MR) is 123 cm³/mol. The number of ether oxygens (including phenoxy) is 1. The number of piperidine rings is 2. The molecule has 6 nitrogen and oxygen atoms in total. The van der Waals surface area contributed by atoms with Gasteiger partial charge in [-0.15, -0.1) is 0 Å². The monoisotopic (exact) mass is 449 g/mol. The maximum absolute atomic E-state index is 13.7. The van der Waals surface area contributed by atoms with Gasteiger partial charge in [-0.2, -0.15) is 0 Å². The van der Waals surface area contributed by atoms with E-state index in [1.807, 2.05) is 29.2 Å². The van der Waals surface area contributed by atoms with Gasteiger partial charge in [-0.05, 0) is 49.4 Å². The number of likely N-dealkylation sites (tertiary alicyclic amines) is 2. The molecule has 2 fully saturated rings. The standard InChI is InChI=1S/C24H36ClN3O3/c1-18(2)16-31-21-12-24(10-5-11-27(17-24)15-22(29)26(3)4)23(30)28(14-21)13-19-6-8-20(25)9-7-19/h6-9,18,21H,5,10-17H2,1-4H3/t21-,24+/m0/s1. The van der Waals surface area contributed by atoms with Crippen LogP contribution in [0, 0.1) is 11.3 Å². The van der Waals surface area contributed by atoms with E-state index in [-0.39, 0.29) is 17.9 Å². The van der Waals surface area contributed by atoms with Crippen LogP contribution in [-0.2, 0) is 20.9 Å². The van der Waals surface area contributed by atoms with Crippen molar-refractivity contribution in [3.63, 3.8) is 0 Å². The van der Waals surface area contributed by atoms with Gasteiger partial charge in [0, 0.05) is 45.4 Å². The van der Waals surface area contributed by atoms with Gasteiger partial charge in [0.15, 0.2) is 0 Å². The Hall–Kier alpha value is -1.63. The minimum absolute atomic E-state index is 0.0110. The minimum Gasteiger partial charge on any atom is -0.376 e. The maximum atomic E-state index is 13.7. The van der Waals surface area contributed by atoms with Gasteiger partial charge in [0.25, 0.3) is 0 Å². The number of amides is 2. The van der Waals surface area contributed by atoms with Crippen LogP contribution in [0.1, 0.15) is 38.7 Å². The number of carbonyl (C=O) groups excluding carboxylic acids is 2. The molecule has 1 aromatic rings. The Balaban J connectivity index is 1.79. The van der Waals surface area contributed by atoms with Crippen LogP contribution in [0.4, 0.5) is 0 Å². The van der Waals surface area contributed by atoms with E-state index in [0.29, 0.717) is 43.7 Å². The molecule has 31 heavy (non-hydrogen) atoms. The van der Waals surface area contributed by atoms with E-state index >= 15 is 0 Å². The van der Waals surface area contributed by atoms with E-state index in [2.05, 4.69) is 18.7 Å². The molecule has 0 aliphatic carbocycles. The highest BCUT2D eigenvalue weighted by atomic mass is 35.5. The third kappa shape index (κ3) is 6.21. The van der Waals surface area contributed by atoms with Crippen LogP contribution in [0.5, 0.6) is 0 Å². The molecule has 0 radical (unpaired) electrons. The van der Waals surface area contributed by atoms with Crippen molar-refractivity contribution in [3.05, 3.63) is 34.9 Å². The summed E-state index contributed by atoms with van der Waals surface area (Å²) in [6.07, 6.45) is 2.49. The zero-order chi connectivity index (χ0) is 22.6. The average Bonchev–Trinajstić information content (AvgIpc) is 2.72. The summed E-state index contributed by atoms with van der Waals surface area (Å²) in [7, 11) is 3.55. The lowest BCUT2D eigenvalue weighted by Crippen LogP contribution is -2.60. The van der Waals surface area contributed by atoms with E-state index in [1.165, 1.54) is 0 Å². The first-order chi connectivity index (χ1) is 14.7. The zero-order valence-corrected chi connectivity index (χ0v) is 20.0. The van der Waals surface area contributed by atoms with Gasteiger partial charge >= 0.3 is 0 Å². The maximum Gasteiger partial charge on any atom is 0.236 e. The van der Waals surface area contributed by atoms with Crippen LogP contribution in [0.15, 0.2) is 24.3 Å². The van der Waals surface area contributed by atoms with E-state index < -0.39 is 5.41 Å². The summed E-state index contributed by atoms with van der Waals surface area (Å²) in [6, 6.07) is 7.68. The molecule has 0 saturated carbocycles. The molecule has 3 rings (SSSR count). The van der Waals surface area contributed by atoms with E-state index in [9.17, 15) is 9.59 Å². The van der Waals surface area contributed by atoms with Crippen molar-refractivity contribution >= 4 is 23.4 Å². The SMILES string of the molecule is CC(C)CO[C@@H]1CN(Cc2ccc(Cl)cc2)C(=O)[C@]2(CCCN(CC(=O)N(C)C)C2)C1. The summed E-state index contributed by atoms with van der Waals surface area (Å²) in [5, 5.41) is 0.691. The molecule has 2 heterocycles. The van der Waals surface area contributed by atoms with Gasteiger partial charge in [0.2, 0.25) is 11.8 Å². The highest BCUT2D eigenvalue weighted by Gasteiger charge is 2.49. The molecule has 2 amide bonds. The van der Waals surface area contributed by atoms with Crippen molar-refractivity contribution in [3.8, 4) is 0 Å². The van der Waals surface area contributed by atoms with Gasteiger partial charge in [-0.25, -0.2) is 0 Å². The zero-order valence-electron chi connectivity index (χ0n) is 19.3. The molecule has 2 saturated heterocycles. The topological polar surface area (TPSA) is 53.1 Å². The second-order valence-electron chi connectivity index (χ2n) is 9.75. The van der Waals surface area contributed by atoms with Crippen LogP contribution in [0.25, 0.3) is 0 Å². The van der Waals surface area contributed by atoms with E-state index in [1.54, 1.807) is 19.0 Å². The lowest BCUT2D eigenvalue weighted by Gasteiger charge is -2.49. The number of rotatable bonds is 7. The summed E-state index contributed by atoms with van der Waals surface area (Å²) >= 11 is 6.04. The Labute approximate surface area is 191 Å². The number of nitrogens with zero attached hydrogens (tertiary/aromatic N) is 3. The first-order valence-electron chi connectivity index (χ1n) is 11.3. The van der Waals surface area contributed by atoms with E-state index in [4.69, 9.17) is 16.3 Å². The Kier molecular flexibility index (Phi) is 8.00. The van der Waals surface area contributed by atoms with Crippen LogP contribution in [-0.4, -0.2) is 79.5 Å². The molecule has 0 aromatic heterocycles. The highest BCUT2D eigenvalue weighted by molar-refractivity contribution is 6.30. The predicted octanol–water partition coefficient (Wildman–Crippen LogP) is 3.28. The lowest BCUT2D eigenvalue weighted by atomic mass is 9.72. The minimum atomic E-state index is -0.489. The second kappa shape index (κ2) is 10.3. The quantitative estimate of drug-likeness (QED) is 0.641. The van der Waals surface area contributed by atoms with Crippen molar-refractivity contribution in [2.45, 2.75) is 45.8 Å². The van der Waals surface area contributed by atoms with Crippen LogP contribution < -0.4 is 0 Å². The summed E-state index contributed by atoms with van der Waals surface area (Å²) in [6.45, 7) is 7.95. The molecule has 2 aliphatic rings. The van der Waals surface area contributed by atoms with Crippen molar-refractivity contribution in [2.24, 2.45) is 11.3 Å². The molecule has 2 atom stereocenters. The summed E-state index contributed by atoms with van der Waals surface area (Å²) < 4.78 is 6.25. The molecule has 172 valence electrons. The molecule has 0 bridgehead atoms. The summed E-state index contributed by atoms with van der Waals surface area (Å²) in [4.78, 5) is 31.8. The fraction of sp³-hybridized carbons (Fsp3) is 0.667. The second-order valence-corrected chi connectivity index (χ2v) is 10.2. The fourth-order valence-corrected chi connectivity index (χ4v) is 4.80. The third-order valence-electron chi connectivity index (χ3n) is 6.25. The van der Waals surface area contributed by atoms with Crippen molar-refractivity contribution < 1.29 is 14.3 Å². The van der Waals surface area contributed by atoms with Gasteiger partial charge in [0.05, 0.1) is 18.1 Å². The Bertz CT molecular complexity index is 768. The largest absolute Gasteiger partial charge is 0.376 e. The van der Waals surface area contributed by atoms with Crippen molar-refractivity contribution in [2.75, 3.05) is 46.9 Å².